The van der Waals surface area contributed by atoms with Gasteiger partial charge in [0.1, 0.15) is 11.4 Å². The van der Waals surface area contributed by atoms with E-state index in [1.165, 1.54) is 23.1 Å². The first-order valence-electron chi connectivity index (χ1n) is 6.04. The number of rotatable bonds is 3. The Balaban J connectivity index is 2.31. The zero-order chi connectivity index (χ0) is 14.7. The van der Waals surface area contributed by atoms with Gasteiger partial charge in [-0.2, -0.15) is 0 Å². The summed E-state index contributed by atoms with van der Waals surface area (Å²) in [7, 11) is 1.63. The second-order valence-electron chi connectivity index (χ2n) is 4.42. The van der Waals surface area contributed by atoms with Gasteiger partial charge in [0.15, 0.2) is 0 Å². The van der Waals surface area contributed by atoms with Gasteiger partial charge in [0, 0.05) is 12.7 Å². The summed E-state index contributed by atoms with van der Waals surface area (Å²) in [6.07, 6.45) is 0. The Morgan fingerprint density at radius 1 is 1.10 bits per heavy atom. The molecule has 0 saturated heterocycles. The molecule has 102 valence electrons. The second kappa shape index (κ2) is 5.52. The molecule has 0 atom stereocenters. The molecule has 0 saturated carbocycles. The fourth-order valence-electron chi connectivity index (χ4n) is 1.80. The maximum absolute atomic E-state index is 12.3. The molecule has 1 amide bonds. The average Bonchev–Trinajstić information content (AvgIpc) is 2.45. The minimum Gasteiger partial charge on any atom is -0.477 e. The van der Waals surface area contributed by atoms with Gasteiger partial charge in [0.05, 0.1) is 0 Å². The van der Waals surface area contributed by atoms with Crippen molar-refractivity contribution >= 4 is 17.6 Å². The van der Waals surface area contributed by atoms with Gasteiger partial charge in [-0.15, -0.1) is 0 Å². The Morgan fingerprint density at radius 3 is 2.40 bits per heavy atom. The van der Waals surface area contributed by atoms with E-state index in [4.69, 9.17) is 5.11 Å². The van der Waals surface area contributed by atoms with Gasteiger partial charge in [-0.1, -0.05) is 18.2 Å². The number of benzene rings is 1. The first kappa shape index (κ1) is 13.7. The number of carboxylic acids is 1. The van der Waals surface area contributed by atoms with Crippen LogP contribution in [-0.4, -0.2) is 29.0 Å². The van der Waals surface area contributed by atoms with Crippen molar-refractivity contribution in [2.24, 2.45) is 0 Å². The van der Waals surface area contributed by atoms with Crippen molar-refractivity contribution < 1.29 is 14.7 Å². The van der Waals surface area contributed by atoms with Crippen LogP contribution in [0.1, 0.15) is 26.5 Å². The minimum atomic E-state index is -1.15. The molecule has 0 unspecified atom stereocenters. The summed E-state index contributed by atoms with van der Waals surface area (Å²) in [5, 5.41) is 8.90. The summed E-state index contributed by atoms with van der Waals surface area (Å²) in [5.74, 6) is -1.50. The quantitative estimate of drug-likeness (QED) is 0.929. The van der Waals surface area contributed by atoms with E-state index in [0.29, 0.717) is 0 Å². The number of aryl methyl sites for hydroxylation is 1. The Labute approximate surface area is 116 Å². The van der Waals surface area contributed by atoms with Gasteiger partial charge in [-0.25, -0.2) is 9.78 Å². The molecular formula is C15H14N2O3. The predicted octanol–water partition coefficient (Wildman–Crippen LogP) is 2.36. The molecule has 0 aliphatic heterocycles. The third-order valence-corrected chi connectivity index (χ3v) is 2.88. The van der Waals surface area contributed by atoms with E-state index in [1.54, 1.807) is 7.05 Å². The maximum atomic E-state index is 12.3. The lowest BCUT2D eigenvalue weighted by atomic mass is 10.2. The first-order chi connectivity index (χ1) is 9.49. The lowest BCUT2D eigenvalue weighted by Crippen LogP contribution is -2.27. The van der Waals surface area contributed by atoms with Crippen LogP contribution in [0.5, 0.6) is 0 Å². The summed E-state index contributed by atoms with van der Waals surface area (Å²) in [5.41, 5.74) is 1.73. The number of hydrogen-bond acceptors (Lipinski definition) is 3. The summed E-state index contributed by atoms with van der Waals surface area (Å²) in [4.78, 5) is 28.5. The van der Waals surface area contributed by atoms with Crippen LogP contribution < -0.4 is 4.90 Å². The molecule has 0 radical (unpaired) electrons. The van der Waals surface area contributed by atoms with E-state index in [1.807, 2.05) is 31.2 Å². The van der Waals surface area contributed by atoms with Crippen molar-refractivity contribution in [2.45, 2.75) is 6.92 Å². The number of nitrogens with zero attached hydrogens (tertiary/aromatic N) is 2. The number of pyridine rings is 1. The van der Waals surface area contributed by atoms with Crippen molar-refractivity contribution in [3.05, 3.63) is 59.4 Å². The van der Waals surface area contributed by atoms with Crippen LogP contribution in [0.3, 0.4) is 0 Å². The van der Waals surface area contributed by atoms with Gasteiger partial charge in [-0.3, -0.25) is 4.79 Å². The lowest BCUT2D eigenvalue weighted by molar-refractivity contribution is 0.0690. The average molecular weight is 270 g/mol. The number of carbonyl (C=O) groups excluding carboxylic acids is 1. The molecule has 0 fully saturated rings. The van der Waals surface area contributed by atoms with E-state index in [0.717, 1.165) is 11.3 Å². The molecule has 0 spiro atoms. The minimum absolute atomic E-state index is 0.105. The topological polar surface area (TPSA) is 70.5 Å². The van der Waals surface area contributed by atoms with Crippen LogP contribution in [0.15, 0.2) is 42.5 Å². The van der Waals surface area contributed by atoms with Crippen molar-refractivity contribution in [3.8, 4) is 0 Å². The van der Waals surface area contributed by atoms with Crippen LogP contribution in [0.2, 0.25) is 0 Å². The zero-order valence-electron chi connectivity index (χ0n) is 11.2. The number of aromatic nitrogens is 1. The molecule has 2 aromatic rings. The molecule has 0 aliphatic carbocycles. The zero-order valence-corrected chi connectivity index (χ0v) is 11.2. The second-order valence-corrected chi connectivity index (χ2v) is 4.42. The highest BCUT2D eigenvalue weighted by molar-refractivity contribution is 6.04. The molecule has 2 rings (SSSR count). The molecule has 5 nitrogen and oxygen atoms in total. The van der Waals surface area contributed by atoms with E-state index < -0.39 is 5.97 Å². The van der Waals surface area contributed by atoms with Crippen LogP contribution in [0, 0.1) is 6.92 Å². The molecule has 20 heavy (non-hydrogen) atoms. The fourth-order valence-corrected chi connectivity index (χ4v) is 1.80. The lowest BCUT2D eigenvalue weighted by Gasteiger charge is -2.17. The van der Waals surface area contributed by atoms with E-state index in [9.17, 15) is 9.59 Å². The number of carboxylic acid groups (broad SMARTS) is 1. The Kier molecular flexibility index (Phi) is 3.79. The normalized spacial score (nSPS) is 10.1. The van der Waals surface area contributed by atoms with Crippen LogP contribution in [0.25, 0.3) is 0 Å². The molecule has 1 heterocycles. The molecule has 0 bridgehead atoms. The monoisotopic (exact) mass is 270 g/mol. The van der Waals surface area contributed by atoms with Crippen LogP contribution in [-0.2, 0) is 0 Å². The van der Waals surface area contributed by atoms with Gasteiger partial charge in [-0.05, 0) is 36.8 Å². The molecule has 1 aromatic heterocycles. The third-order valence-electron chi connectivity index (χ3n) is 2.88. The predicted molar refractivity (Wildman–Crippen MR) is 75.1 cm³/mol. The summed E-state index contributed by atoms with van der Waals surface area (Å²) < 4.78 is 0. The molecule has 5 heteroatoms. The van der Waals surface area contributed by atoms with Crippen molar-refractivity contribution in [2.75, 3.05) is 11.9 Å². The summed E-state index contributed by atoms with van der Waals surface area (Å²) >= 11 is 0. The largest absolute Gasteiger partial charge is 0.477 e. The van der Waals surface area contributed by atoms with Gasteiger partial charge in [0.25, 0.3) is 5.91 Å². The smallest absolute Gasteiger partial charge is 0.354 e. The fraction of sp³-hybridized carbons (Fsp3) is 0.133. The Bertz CT molecular complexity index is 668. The standard InChI is InChI=1S/C15H14N2O3/c1-10-5-3-6-11(9-10)17(2)14(18)12-7-4-8-13(16-12)15(19)20/h3-9H,1-2H3,(H,19,20). The molecular weight excluding hydrogens is 256 g/mol. The van der Waals surface area contributed by atoms with Crippen molar-refractivity contribution in [1.29, 1.82) is 0 Å². The van der Waals surface area contributed by atoms with Gasteiger partial charge < -0.3 is 10.0 Å². The van der Waals surface area contributed by atoms with Gasteiger partial charge >= 0.3 is 5.97 Å². The summed E-state index contributed by atoms with van der Waals surface area (Å²) in [6.45, 7) is 1.94. The van der Waals surface area contributed by atoms with Crippen molar-refractivity contribution in [3.63, 3.8) is 0 Å². The first-order valence-corrected chi connectivity index (χ1v) is 6.04. The molecule has 1 aromatic carbocycles. The highest BCUT2D eigenvalue weighted by Gasteiger charge is 2.16. The number of aromatic carboxylic acids is 1. The third kappa shape index (κ3) is 2.83. The number of hydrogen-bond donors (Lipinski definition) is 1. The Hall–Kier alpha value is -2.69. The highest BCUT2D eigenvalue weighted by Crippen LogP contribution is 2.16. The van der Waals surface area contributed by atoms with E-state index in [-0.39, 0.29) is 17.3 Å². The Morgan fingerprint density at radius 2 is 1.75 bits per heavy atom. The van der Waals surface area contributed by atoms with Gasteiger partial charge in [0.2, 0.25) is 0 Å². The van der Waals surface area contributed by atoms with E-state index >= 15 is 0 Å². The van der Waals surface area contributed by atoms with E-state index in [2.05, 4.69) is 4.98 Å². The van der Waals surface area contributed by atoms with Crippen molar-refractivity contribution in [1.82, 2.24) is 4.98 Å². The molecule has 1 N–H and O–H groups in total. The number of amides is 1. The summed E-state index contributed by atoms with van der Waals surface area (Å²) in [6, 6.07) is 11.8. The maximum Gasteiger partial charge on any atom is 0.354 e. The van der Waals surface area contributed by atoms with Crippen LogP contribution >= 0.6 is 0 Å². The SMILES string of the molecule is Cc1cccc(N(C)C(=O)c2cccc(C(=O)O)n2)c1. The van der Waals surface area contributed by atoms with Crippen LogP contribution in [0.4, 0.5) is 5.69 Å². The molecule has 0 aliphatic rings. The number of anilines is 1. The highest BCUT2D eigenvalue weighted by atomic mass is 16.4. The number of carbonyl (C=O) groups is 2.